The van der Waals surface area contributed by atoms with Gasteiger partial charge in [0.15, 0.2) is 0 Å². The first kappa shape index (κ1) is 41.4. The summed E-state index contributed by atoms with van der Waals surface area (Å²) in [6.45, 7) is 7.87. The molecule has 0 unspecified atom stereocenters. The van der Waals surface area contributed by atoms with Crippen LogP contribution in [0.4, 0.5) is 22.7 Å². The Morgan fingerprint density at radius 2 is 1.01 bits per heavy atom. The molecule has 90 heavy (non-hydrogen) atoms. The predicted octanol–water partition coefficient (Wildman–Crippen LogP) is 21.8. The minimum absolute atomic E-state index is 0. The second-order valence-electron chi connectivity index (χ2n) is 22.5. The number of hydrogen-bond donors (Lipinski definition) is 0. The third-order valence-corrected chi connectivity index (χ3v) is 16.1. The summed E-state index contributed by atoms with van der Waals surface area (Å²) in [6, 6.07) is 60.4. The van der Waals surface area contributed by atoms with Crippen LogP contribution in [-0.2, 0) is 26.5 Å². The van der Waals surface area contributed by atoms with E-state index in [4.69, 9.17) is 26.8 Å². The molecule has 0 fully saturated rings. The van der Waals surface area contributed by atoms with E-state index in [9.17, 15) is 8.22 Å². The van der Waals surface area contributed by atoms with E-state index in [1.807, 2.05) is 119 Å². The van der Waals surface area contributed by atoms with Crippen LogP contribution in [0.3, 0.4) is 0 Å². The van der Waals surface area contributed by atoms with Crippen molar-refractivity contribution in [3.63, 3.8) is 0 Å². The molecule has 4 heterocycles. The van der Waals surface area contributed by atoms with Gasteiger partial charge in [0.25, 0.3) is 0 Å². The molecule has 12 aromatic carbocycles. The third kappa shape index (κ3) is 9.98. The standard InChI is InChI=1S/C82H58N5O2.Pt/c1-82(2,3)59-48-70(57-28-12-6-13-29-57)81(71(49-59)58-30-14-7-15-31-58)89-64-46-47-83-79(53-64)87-75-45-42-61(86-73-38-18-16-34-67(73)68-35-17-19-39-74(68)86)51-72(75)69-44-43-63(52-78(69)87)88-62-33-22-32-60(50-62)84-54-85(77-41-21-20-40-76(77)84)80-65(55-24-8-4-9-25-55)36-23-37-66(80)56-26-10-5-11-27-56;/h4-49,51,53-54H,1-3H3;/q-3;/i4D,5D,6D,8D,9D,10D,11D,12D,13D,24D,25D,26D,27D,28D,29D;. The van der Waals surface area contributed by atoms with Crippen LogP contribution in [-0.4, -0.2) is 14.1 Å². The van der Waals surface area contributed by atoms with Crippen LogP contribution >= 0.6 is 0 Å². The minimum atomic E-state index is -0.598. The van der Waals surface area contributed by atoms with E-state index in [0.717, 1.165) is 54.9 Å². The van der Waals surface area contributed by atoms with Gasteiger partial charge < -0.3 is 28.4 Å². The van der Waals surface area contributed by atoms with E-state index in [1.165, 1.54) is 0 Å². The maximum Gasteiger partial charge on any atom is 0.143 e. The number of aromatic nitrogens is 3. The van der Waals surface area contributed by atoms with E-state index in [0.29, 0.717) is 51.0 Å². The van der Waals surface area contributed by atoms with Crippen LogP contribution in [0.15, 0.2) is 291 Å². The normalized spacial score (nSPS) is 14.5. The van der Waals surface area contributed by atoms with Crippen LogP contribution in [0.1, 0.15) is 46.9 Å². The molecule has 1 aliphatic rings. The van der Waals surface area contributed by atoms with Crippen LogP contribution < -0.4 is 19.3 Å². The molecule has 436 valence electrons. The average Bonchev–Trinajstić information content (AvgIpc) is 1.66. The maximum atomic E-state index is 9.28. The molecule has 15 aromatic rings. The van der Waals surface area contributed by atoms with E-state index < -0.39 is 84.0 Å². The van der Waals surface area contributed by atoms with Crippen molar-refractivity contribution >= 4 is 66.4 Å². The van der Waals surface area contributed by atoms with Gasteiger partial charge in [0.2, 0.25) is 0 Å². The number of fused-ring (bicyclic) bond motifs is 7. The Balaban J connectivity index is 0.00000885. The Morgan fingerprint density at radius 1 is 0.444 bits per heavy atom. The van der Waals surface area contributed by atoms with Gasteiger partial charge in [0, 0.05) is 106 Å². The third-order valence-electron chi connectivity index (χ3n) is 16.1. The molecule has 0 aliphatic carbocycles. The van der Waals surface area contributed by atoms with Crippen molar-refractivity contribution in [1.29, 1.82) is 0 Å². The molecule has 0 saturated heterocycles. The second kappa shape index (κ2) is 23.1. The van der Waals surface area contributed by atoms with Gasteiger partial charge in [0.1, 0.15) is 17.3 Å². The second-order valence-corrected chi connectivity index (χ2v) is 22.5. The van der Waals surface area contributed by atoms with Gasteiger partial charge in [-0.25, -0.2) is 4.98 Å². The van der Waals surface area contributed by atoms with Gasteiger partial charge in [-0.15, -0.1) is 48.1 Å². The summed E-state index contributed by atoms with van der Waals surface area (Å²) in [7, 11) is 0. The largest absolute Gasteiger partial charge is 0.509 e. The molecular formula is C82H58N5O2Pt-3. The minimum Gasteiger partial charge on any atom is -0.509 e. The van der Waals surface area contributed by atoms with Crippen LogP contribution in [0.5, 0.6) is 23.0 Å². The number of para-hydroxylation sites is 5. The van der Waals surface area contributed by atoms with Crippen LogP contribution in [0.25, 0.3) is 99.6 Å². The summed E-state index contributed by atoms with van der Waals surface area (Å²) in [5.74, 6) is 1.57. The number of anilines is 4. The molecule has 8 heteroatoms. The molecule has 1 aliphatic heterocycles. The zero-order valence-electron chi connectivity index (χ0n) is 63.5. The van der Waals surface area contributed by atoms with Crippen molar-refractivity contribution in [2.75, 3.05) is 9.80 Å². The summed E-state index contributed by atoms with van der Waals surface area (Å²) in [6.07, 6.45) is 1.63. The number of rotatable bonds is 12. The summed E-state index contributed by atoms with van der Waals surface area (Å²) in [5.41, 5.74) is 8.06. The molecular weight excluding hydrogens is 1280 g/mol. The van der Waals surface area contributed by atoms with Gasteiger partial charge in [-0.1, -0.05) is 214 Å². The molecule has 0 N–H and O–H groups in total. The Bertz CT molecular complexity index is 5910. The van der Waals surface area contributed by atoms with Crippen molar-refractivity contribution in [2.24, 2.45) is 0 Å². The fourth-order valence-corrected chi connectivity index (χ4v) is 12.0. The van der Waals surface area contributed by atoms with Crippen molar-refractivity contribution in [3.05, 3.63) is 315 Å². The maximum absolute atomic E-state index is 9.28. The molecule has 0 radical (unpaired) electrons. The summed E-state index contributed by atoms with van der Waals surface area (Å²) >= 11 is 0. The molecule has 0 saturated carbocycles. The van der Waals surface area contributed by atoms with Gasteiger partial charge in [-0.2, -0.15) is 12.1 Å². The summed E-state index contributed by atoms with van der Waals surface area (Å²) in [5, 5.41) is 3.85. The van der Waals surface area contributed by atoms with Crippen molar-refractivity contribution in [3.8, 4) is 79.0 Å². The molecule has 0 spiro atoms. The zero-order valence-corrected chi connectivity index (χ0v) is 50.8. The fraction of sp³-hybridized carbons (Fsp3) is 0.0488. The van der Waals surface area contributed by atoms with E-state index in [1.54, 1.807) is 66.3 Å². The van der Waals surface area contributed by atoms with Crippen molar-refractivity contribution in [1.82, 2.24) is 14.1 Å². The quantitative estimate of drug-likeness (QED) is 0.114. The first-order chi connectivity index (χ1) is 50.0. The fourth-order valence-electron chi connectivity index (χ4n) is 12.0. The number of hydrogen-bond acceptors (Lipinski definition) is 5. The number of ether oxygens (including phenoxy) is 2. The summed E-state index contributed by atoms with van der Waals surface area (Å²) < 4.78 is 151. The zero-order chi connectivity index (χ0) is 72.6. The number of pyridine rings is 1. The van der Waals surface area contributed by atoms with Gasteiger partial charge in [-0.05, 0) is 99.3 Å². The Morgan fingerprint density at radius 3 is 1.67 bits per heavy atom. The molecule has 0 amide bonds. The van der Waals surface area contributed by atoms with Gasteiger partial charge >= 0.3 is 0 Å². The average molecular weight is 1360 g/mol. The first-order valence-corrected chi connectivity index (χ1v) is 28.9. The monoisotopic (exact) mass is 1350 g/mol. The smallest absolute Gasteiger partial charge is 0.143 e. The Kier molecular flexibility index (Phi) is 10.6. The van der Waals surface area contributed by atoms with Crippen LogP contribution in [0.2, 0.25) is 0 Å². The topological polar surface area (TPSA) is 47.7 Å². The SMILES string of the molecule is [2H]c1c([2H])c([2H])c(-c2cc(C(C)(C)C)cc(-c3ccccc3)c2Oc2ccnc(-n3c4[c-]c(Oc5[c-]c(N6[CH-]N(c7c(-c8c([2H])c([2H])c([2H])c([2H])c8[2H])cccc7-c7c([2H])c([2H])c([2H])c([2H])c7[2H])c7ccccc76)ccc5)ccc4c4cc(-n5c6ccccc6c6ccccc65)ccc43)c2)c([2H])c1[2H].[Pt]. The predicted molar refractivity (Wildman–Crippen MR) is 366 cm³/mol. The van der Waals surface area contributed by atoms with E-state index in [-0.39, 0.29) is 78.2 Å². The van der Waals surface area contributed by atoms with E-state index >= 15 is 0 Å². The molecule has 3 aromatic heterocycles. The van der Waals surface area contributed by atoms with Crippen LogP contribution in [0, 0.1) is 18.8 Å². The van der Waals surface area contributed by atoms with Gasteiger partial charge in [-0.3, -0.25) is 0 Å². The Labute approximate surface area is 559 Å². The molecule has 0 atom stereocenters. The Hall–Kier alpha value is -10.7. The van der Waals surface area contributed by atoms with Gasteiger partial charge in [0.05, 0.1) is 31.6 Å². The molecule has 0 bridgehead atoms. The summed E-state index contributed by atoms with van der Waals surface area (Å²) in [4.78, 5) is 8.57. The number of nitrogens with zero attached hydrogens (tertiary/aromatic N) is 5. The number of benzene rings is 12. The van der Waals surface area contributed by atoms with Crippen molar-refractivity contribution < 1.29 is 51.1 Å². The molecule has 16 rings (SSSR count). The van der Waals surface area contributed by atoms with E-state index in [2.05, 4.69) is 73.9 Å². The first-order valence-electron chi connectivity index (χ1n) is 36.4. The molecule has 7 nitrogen and oxygen atoms in total. The van der Waals surface area contributed by atoms with Crippen molar-refractivity contribution in [2.45, 2.75) is 26.2 Å².